The first-order valence-corrected chi connectivity index (χ1v) is 4.22. The number of benzene rings is 1. The summed E-state index contributed by atoms with van der Waals surface area (Å²) in [5.41, 5.74) is 7.60. The van der Waals surface area contributed by atoms with E-state index in [0.717, 1.165) is 5.56 Å². The van der Waals surface area contributed by atoms with Gasteiger partial charge in [-0.25, -0.2) is 0 Å². The molecular weight excluding hydrogens is 176 g/mol. The number of hydrogen-bond donors (Lipinski definition) is 1. The molecule has 0 aliphatic rings. The highest BCUT2D eigenvalue weighted by molar-refractivity contribution is 5.69. The maximum absolute atomic E-state index is 8.82. The summed E-state index contributed by atoms with van der Waals surface area (Å²) in [5.74, 6) is 0. The van der Waals surface area contributed by atoms with Gasteiger partial charge in [-0.05, 0) is 5.56 Å². The van der Waals surface area contributed by atoms with E-state index < -0.39 is 0 Å². The third-order valence-corrected chi connectivity index (χ3v) is 1.83. The first-order chi connectivity index (χ1) is 6.79. The van der Waals surface area contributed by atoms with E-state index in [9.17, 15) is 0 Å². The zero-order chi connectivity index (χ0) is 10.4. The molecule has 0 spiro atoms. The molecule has 1 aromatic carbocycles. The van der Waals surface area contributed by atoms with Crippen molar-refractivity contribution >= 4 is 5.70 Å². The van der Waals surface area contributed by atoms with Crippen LogP contribution in [0.3, 0.4) is 0 Å². The number of methoxy groups -OCH3 is 1. The number of nitrogens with zero attached hydrogens (tertiary/aromatic N) is 1. The van der Waals surface area contributed by atoms with Gasteiger partial charge in [-0.15, -0.1) is 0 Å². The zero-order valence-corrected chi connectivity index (χ0v) is 8.03. The van der Waals surface area contributed by atoms with Gasteiger partial charge in [0, 0.05) is 7.11 Å². The predicted molar refractivity (Wildman–Crippen MR) is 55.0 cm³/mol. The zero-order valence-electron chi connectivity index (χ0n) is 8.03. The molecule has 0 aliphatic heterocycles. The van der Waals surface area contributed by atoms with E-state index in [4.69, 9.17) is 15.7 Å². The Hall–Kier alpha value is -1.79. The Bertz CT molecular complexity index is 363. The summed E-state index contributed by atoms with van der Waals surface area (Å²) in [4.78, 5) is 0. The maximum atomic E-state index is 8.82. The highest BCUT2D eigenvalue weighted by Crippen LogP contribution is 2.12. The lowest BCUT2D eigenvalue weighted by Crippen LogP contribution is -2.04. The highest BCUT2D eigenvalue weighted by Gasteiger charge is 2.04. The quantitative estimate of drug-likeness (QED) is 0.732. The van der Waals surface area contributed by atoms with Gasteiger partial charge in [0.1, 0.15) is 0 Å². The molecule has 72 valence electrons. The molecular formula is C11H12N2O. The Morgan fingerprint density at radius 1 is 1.43 bits per heavy atom. The summed E-state index contributed by atoms with van der Waals surface area (Å²) >= 11 is 0. The normalized spacial score (nSPS) is 11.7. The van der Waals surface area contributed by atoms with E-state index in [1.54, 1.807) is 0 Å². The van der Waals surface area contributed by atoms with Crippen molar-refractivity contribution in [3.8, 4) is 6.07 Å². The Balaban J connectivity index is 3.03. The molecule has 0 aliphatic carbocycles. The average Bonchev–Trinajstić information content (AvgIpc) is 2.26. The fourth-order valence-corrected chi connectivity index (χ4v) is 1.11. The lowest BCUT2D eigenvalue weighted by atomic mass is 10.1. The summed E-state index contributed by atoms with van der Waals surface area (Å²) in [6.45, 7) is 0.247. The molecule has 0 saturated carbocycles. The fraction of sp³-hybridized carbons (Fsp3) is 0.182. The number of rotatable bonds is 3. The Kier molecular flexibility index (Phi) is 3.71. The van der Waals surface area contributed by atoms with Crippen LogP contribution in [0.1, 0.15) is 5.56 Å². The summed E-state index contributed by atoms with van der Waals surface area (Å²) < 4.78 is 4.88. The van der Waals surface area contributed by atoms with E-state index in [2.05, 4.69) is 0 Å². The second kappa shape index (κ2) is 5.05. The van der Waals surface area contributed by atoms with Crippen molar-refractivity contribution in [3.05, 3.63) is 41.5 Å². The van der Waals surface area contributed by atoms with E-state index in [1.165, 1.54) is 7.11 Å². The third-order valence-electron chi connectivity index (χ3n) is 1.83. The molecule has 3 nitrogen and oxygen atoms in total. The number of ether oxygens (including phenoxy) is 1. The molecule has 3 heteroatoms. The Labute approximate surface area is 83.4 Å². The molecule has 0 bridgehead atoms. The van der Waals surface area contributed by atoms with Crippen LogP contribution >= 0.6 is 0 Å². The number of nitrogens with two attached hydrogens (primary N) is 1. The summed E-state index contributed by atoms with van der Waals surface area (Å²) in [5, 5.41) is 8.82. The Morgan fingerprint density at radius 2 is 2.07 bits per heavy atom. The van der Waals surface area contributed by atoms with Crippen molar-refractivity contribution < 1.29 is 4.74 Å². The summed E-state index contributed by atoms with van der Waals surface area (Å²) in [6.07, 6.45) is 0. The molecule has 0 aromatic heterocycles. The molecule has 0 unspecified atom stereocenters. The lowest BCUT2D eigenvalue weighted by molar-refractivity contribution is 0.229. The van der Waals surface area contributed by atoms with Crippen LogP contribution in [0, 0.1) is 11.3 Å². The molecule has 0 fully saturated rings. The second-order valence-electron chi connectivity index (χ2n) is 2.80. The first kappa shape index (κ1) is 10.3. The number of nitriles is 1. The van der Waals surface area contributed by atoms with Crippen molar-refractivity contribution in [2.45, 2.75) is 0 Å². The van der Waals surface area contributed by atoms with Crippen LogP contribution in [0.25, 0.3) is 5.70 Å². The van der Waals surface area contributed by atoms with Gasteiger partial charge in [-0.3, -0.25) is 0 Å². The van der Waals surface area contributed by atoms with Gasteiger partial charge >= 0.3 is 0 Å². The van der Waals surface area contributed by atoms with Gasteiger partial charge in [-0.1, -0.05) is 30.3 Å². The van der Waals surface area contributed by atoms with Crippen LogP contribution in [-0.4, -0.2) is 13.7 Å². The monoisotopic (exact) mass is 188 g/mol. The average molecular weight is 188 g/mol. The third kappa shape index (κ3) is 2.35. The molecule has 0 heterocycles. The van der Waals surface area contributed by atoms with Crippen molar-refractivity contribution in [1.82, 2.24) is 0 Å². The van der Waals surface area contributed by atoms with Gasteiger partial charge in [0.05, 0.1) is 23.9 Å². The predicted octanol–water partition coefficient (Wildman–Crippen LogP) is 1.53. The van der Waals surface area contributed by atoms with Crippen LogP contribution < -0.4 is 5.73 Å². The highest BCUT2D eigenvalue weighted by atomic mass is 16.5. The van der Waals surface area contributed by atoms with Crippen LogP contribution in [0.4, 0.5) is 0 Å². The van der Waals surface area contributed by atoms with Gasteiger partial charge < -0.3 is 10.5 Å². The van der Waals surface area contributed by atoms with E-state index in [0.29, 0.717) is 11.3 Å². The van der Waals surface area contributed by atoms with E-state index in [-0.39, 0.29) is 6.61 Å². The smallest absolute Gasteiger partial charge is 0.0993 e. The lowest BCUT2D eigenvalue weighted by Gasteiger charge is -2.04. The fourth-order valence-electron chi connectivity index (χ4n) is 1.11. The van der Waals surface area contributed by atoms with Crippen LogP contribution in [0.5, 0.6) is 0 Å². The van der Waals surface area contributed by atoms with Gasteiger partial charge in [0.25, 0.3) is 0 Å². The van der Waals surface area contributed by atoms with Crippen molar-refractivity contribution in [2.24, 2.45) is 5.73 Å². The first-order valence-electron chi connectivity index (χ1n) is 4.22. The molecule has 14 heavy (non-hydrogen) atoms. The largest absolute Gasteiger partial charge is 0.397 e. The molecule has 1 aromatic rings. The molecule has 1 rings (SSSR count). The molecule has 0 atom stereocenters. The summed E-state index contributed by atoms with van der Waals surface area (Å²) in [7, 11) is 1.54. The van der Waals surface area contributed by atoms with Gasteiger partial charge in [0.15, 0.2) is 0 Å². The minimum Gasteiger partial charge on any atom is -0.397 e. The maximum Gasteiger partial charge on any atom is 0.0993 e. The standard InChI is InChI=1S/C11H12N2O/c1-14-8-10(7-12)11(13)9-5-3-2-4-6-9/h2-6H,8,13H2,1H3/b11-10-. The van der Waals surface area contributed by atoms with E-state index >= 15 is 0 Å². The van der Waals surface area contributed by atoms with Gasteiger partial charge in [0.2, 0.25) is 0 Å². The summed E-state index contributed by atoms with van der Waals surface area (Å²) in [6, 6.07) is 11.4. The molecule has 0 amide bonds. The van der Waals surface area contributed by atoms with Crippen molar-refractivity contribution in [3.63, 3.8) is 0 Å². The molecule has 0 radical (unpaired) electrons. The minimum atomic E-state index is 0.247. The van der Waals surface area contributed by atoms with Crippen LogP contribution in [0.15, 0.2) is 35.9 Å². The second-order valence-corrected chi connectivity index (χ2v) is 2.80. The number of hydrogen-bond acceptors (Lipinski definition) is 3. The minimum absolute atomic E-state index is 0.247. The topological polar surface area (TPSA) is 59.0 Å². The van der Waals surface area contributed by atoms with Crippen LogP contribution in [0.2, 0.25) is 0 Å². The van der Waals surface area contributed by atoms with E-state index in [1.807, 2.05) is 36.4 Å². The Morgan fingerprint density at radius 3 is 2.57 bits per heavy atom. The molecule has 0 saturated heterocycles. The van der Waals surface area contributed by atoms with Gasteiger partial charge in [-0.2, -0.15) is 5.26 Å². The SMILES string of the molecule is COC/C(C#N)=C(\N)c1ccccc1. The van der Waals surface area contributed by atoms with Crippen molar-refractivity contribution in [1.29, 1.82) is 5.26 Å². The molecule has 2 N–H and O–H groups in total. The van der Waals surface area contributed by atoms with Crippen molar-refractivity contribution in [2.75, 3.05) is 13.7 Å². The van der Waals surface area contributed by atoms with Crippen LogP contribution in [-0.2, 0) is 4.74 Å².